The van der Waals surface area contributed by atoms with Crippen molar-refractivity contribution in [2.24, 2.45) is 5.73 Å². The van der Waals surface area contributed by atoms with Crippen molar-refractivity contribution in [1.29, 1.82) is 0 Å². The van der Waals surface area contributed by atoms with Crippen LogP contribution in [0.3, 0.4) is 0 Å². The summed E-state index contributed by atoms with van der Waals surface area (Å²) in [4.78, 5) is 4.59. The van der Waals surface area contributed by atoms with E-state index in [-0.39, 0.29) is 12.0 Å². The van der Waals surface area contributed by atoms with E-state index in [0.717, 1.165) is 36.1 Å². The molecule has 0 radical (unpaired) electrons. The number of nitrogens with zero attached hydrogens (tertiary/aromatic N) is 2. The van der Waals surface area contributed by atoms with Crippen LogP contribution in [-0.2, 0) is 4.74 Å². The molecular formula is C12H17N3O2S. The fourth-order valence-electron chi connectivity index (χ4n) is 3.28. The van der Waals surface area contributed by atoms with Crippen LogP contribution in [0.4, 0.5) is 0 Å². The van der Waals surface area contributed by atoms with Crippen LogP contribution in [0.25, 0.3) is 0 Å². The maximum Gasteiger partial charge on any atom is 0.232 e. The highest BCUT2D eigenvalue weighted by Crippen LogP contribution is 2.44. The molecule has 5 unspecified atom stereocenters. The zero-order valence-corrected chi connectivity index (χ0v) is 10.9. The molecule has 6 heteroatoms. The minimum atomic E-state index is 0.152. The van der Waals surface area contributed by atoms with E-state index in [9.17, 15) is 0 Å². The molecule has 3 saturated heterocycles. The summed E-state index contributed by atoms with van der Waals surface area (Å²) in [6.45, 7) is 0. The largest absolute Gasteiger partial charge is 0.374 e. The molecule has 0 aliphatic carbocycles. The SMILES string of the molecule is NC1CSCC1c1nc(C2CC3CCC2O3)no1. The van der Waals surface area contributed by atoms with E-state index in [1.807, 2.05) is 11.8 Å². The number of nitrogens with two attached hydrogens (primary N) is 1. The van der Waals surface area contributed by atoms with E-state index in [0.29, 0.717) is 18.1 Å². The normalized spacial score (nSPS) is 42.8. The fraction of sp³-hybridized carbons (Fsp3) is 0.833. The van der Waals surface area contributed by atoms with Crippen molar-refractivity contribution < 1.29 is 9.26 Å². The van der Waals surface area contributed by atoms with Gasteiger partial charge in [-0.05, 0) is 19.3 Å². The third kappa shape index (κ3) is 1.70. The number of hydrogen-bond donors (Lipinski definition) is 1. The Morgan fingerprint density at radius 3 is 2.83 bits per heavy atom. The van der Waals surface area contributed by atoms with Crippen molar-refractivity contribution in [1.82, 2.24) is 10.1 Å². The minimum absolute atomic E-state index is 0.152. The lowest BCUT2D eigenvalue weighted by Gasteiger charge is -2.14. The van der Waals surface area contributed by atoms with E-state index in [1.165, 1.54) is 6.42 Å². The molecule has 1 aromatic rings. The summed E-state index contributed by atoms with van der Waals surface area (Å²) in [5, 5.41) is 4.17. The van der Waals surface area contributed by atoms with Gasteiger partial charge in [-0.25, -0.2) is 0 Å². The molecule has 0 aromatic carbocycles. The molecule has 4 heterocycles. The molecule has 0 spiro atoms. The Morgan fingerprint density at radius 2 is 2.17 bits per heavy atom. The maximum atomic E-state index is 6.06. The molecule has 1 aromatic heterocycles. The lowest BCUT2D eigenvalue weighted by Crippen LogP contribution is -2.27. The van der Waals surface area contributed by atoms with Crippen LogP contribution in [0.2, 0.25) is 0 Å². The Labute approximate surface area is 110 Å². The summed E-state index contributed by atoms with van der Waals surface area (Å²) >= 11 is 1.86. The van der Waals surface area contributed by atoms with Gasteiger partial charge >= 0.3 is 0 Å². The van der Waals surface area contributed by atoms with Gasteiger partial charge < -0.3 is 15.0 Å². The lowest BCUT2D eigenvalue weighted by atomic mass is 9.89. The molecule has 5 nitrogen and oxygen atoms in total. The van der Waals surface area contributed by atoms with Crippen LogP contribution in [-0.4, -0.2) is 39.9 Å². The van der Waals surface area contributed by atoms with E-state index in [2.05, 4.69) is 10.1 Å². The van der Waals surface area contributed by atoms with Crippen LogP contribution < -0.4 is 5.73 Å². The van der Waals surface area contributed by atoms with Crippen molar-refractivity contribution in [3.05, 3.63) is 11.7 Å². The monoisotopic (exact) mass is 267 g/mol. The van der Waals surface area contributed by atoms with Crippen LogP contribution in [0, 0.1) is 0 Å². The van der Waals surface area contributed by atoms with E-state index in [4.69, 9.17) is 15.0 Å². The summed E-state index contributed by atoms with van der Waals surface area (Å²) in [5.41, 5.74) is 6.06. The van der Waals surface area contributed by atoms with Gasteiger partial charge in [-0.1, -0.05) is 5.16 Å². The quantitative estimate of drug-likeness (QED) is 0.869. The Bertz CT molecular complexity index is 452. The van der Waals surface area contributed by atoms with Crippen LogP contribution in [0.5, 0.6) is 0 Å². The van der Waals surface area contributed by atoms with Crippen molar-refractivity contribution in [2.45, 2.75) is 49.3 Å². The van der Waals surface area contributed by atoms with Gasteiger partial charge in [0.1, 0.15) is 0 Å². The number of hydrogen-bond acceptors (Lipinski definition) is 6. The molecule has 3 fully saturated rings. The molecule has 0 saturated carbocycles. The third-order valence-corrected chi connectivity index (χ3v) is 5.55. The van der Waals surface area contributed by atoms with E-state index < -0.39 is 0 Å². The zero-order valence-electron chi connectivity index (χ0n) is 10.1. The highest BCUT2D eigenvalue weighted by atomic mass is 32.2. The average Bonchev–Trinajstić information content (AvgIpc) is 3.12. The molecule has 3 aliphatic rings. The van der Waals surface area contributed by atoms with Crippen LogP contribution in [0.1, 0.15) is 42.8 Å². The summed E-state index contributed by atoms with van der Waals surface area (Å²) in [6.07, 6.45) is 4.11. The lowest BCUT2D eigenvalue weighted by molar-refractivity contribution is 0.0996. The standard InChI is InChI=1S/C12H17N3O2S/c13-9-5-18-4-8(9)12-14-11(15-17-12)7-3-6-1-2-10(7)16-6/h6-10H,1-5,13H2. The Morgan fingerprint density at radius 1 is 1.22 bits per heavy atom. The first-order valence-electron chi connectivity index (χ1n) is 6.63. The van der Waals surface area contributed by atoms with E-state index in [1.54, 1.807) is 0 Å². The third-order valence-electron chi connectivity index (χ3n) is 4.34. The number of fused-ring (bicyclic) bond motifs is 2. The van der Waals surface area contributed by atoms with Gasteiger partial charge in [-0.2, -0.15) is 16.7 Å². The van der Waals surface area contributed by atoms with Gasteiger partial charge in [0.05, 0.1) is 24.0 Å². The van der Waals surface area contributed by atoms with Gasteiger partial charge in [0.2, 0.25) is 5.89 Å². The predicted molar refractivity (Wildman–Crippen MR) is 67.6 cm³/mol. The second-order valence-corrected chi connectivity index (χ2v) is 6.59. The van der Waals surface area contributed by atoms with E-state index >= 15 is 0 Å². The highest BCUT2D eigenvalue weighted by Gasteiger charge is 2.44. The summed E-state index contributed by atoms with van der Waals surface area (Å²) in [5.74, 6) is 4.11. The number of ether oxygens (including phenoxy) is 1. The molecule has 4 rings (SSSR count). The van der Waals surface area contributed by atoms with Crippen LogP contribution >= 0.6 is 11.8 Å². The molecule has 98 valence electrons. The van der Waals surface area contributed by atoms with Gasteiger partial charge in [-0.3, -0.25) is 0 Å². The Hall–Kier alpha value is -0.590. The summed E-state index contributed by atoms with van der Waals surface area (Å²) in [7, 11) is 0. The molecule has 0 amide bonds. The topological polar surface area (TPSA) is 74.2 Å². The predicted octanol–water partition coefficient (Wildman–Crippen LogP) is 1.26. The fourth-order valence-corrected chi connectivity index (χ4v) is 4.57. The summed E-state index contributed by atoms with van der Waals surface area (Å²) in [6, 6.07) is 0.152. The molecule has 2 N–H and O–H groups in total. The van der Waals surface area contributed by atoms with Crippen LogP contribution in [0.15, 0.2) is 4.52 Å². The van der Waals surface area contributed by atoms with Crippen molar-refractivity contribution >= 4 is 11.8 Å². The molecule has 2 bridgehead atoms. The molecular weight excluding hydrogens is 250 g/mol. The number of rotatable bonds is 2. The molecule has 18 heavy (non-hydrogen) atoms. The Balaban J connectivity index is 1.55. The minimum Gasteiger partial charge on any atom is -0.374 e. The first-order chi connectivity index (χ1) is 8.81. The van der Waals surface area contributed by atoms with Crippen molar-refractivity contribution in [3.8, 4) is 0 Å². The van der Waals surface area contributed by atoms with Gasteiger partial charge in [0, 0.05) is 17.5 Å². The van der Waals surface area contributed by atoms with Gasteiger partial charge in [-0.15, -0.1) is 0 Å². The highest BCUT2D eigenvalue weighted by molar-refractivity contribution is 7.99. The van der Waals surface area contributed by atoms with Crippen molar-refractivity contribution in [3.63, 3.8) is 0 Å². The first-order valence-corrected chi connectivity index (χ1v) is 7.79. The second-order valence-electron chi connectivity index (χ2n) is 5.51. The molecule has 3 aliphatic heterocycles. The van der Waals surface area contributed by atoms with Gasteiger partial charge in [0.25, 0.3) is 0 Å². The Kier molecular flexibility index (Phi) is 2.63. The number of aromatic nitrogens is 2. The smallest absolute Gasteiger partial charge is 0.232 e. The zero-order chi connectivity index (χ0) is 12.1. The number of thioether (sulfide) groups is 1. The maximum absolute atomic E-state index is 6.06. The first kappa shape index (κ1) is 11.3. The van der Waals surface area contributed by atoms with Crippen molar-refractivity contribution in [2.75, 3.05) is 11.5 Å². The molecule has 5 atom stereocenters. The second kappa shape index (κ2) is 4.21. The average molecular weight is 267 g/mol. The van der Waals surface area contributed by atoms with Gasteiger partial charge in [0.15, 0.2) is 5.82 Å². The summed E-state index contributed by atoms with van der Waals surface area (Å²) < 4.78 is 11.3.